The smallest absolute Gasteiger partial charge is 0.230 e. The summed E-state index contributed by atoms with van der Waals surface area (Å²) in [6.45, 7) is 6.81. The summed E-state index contributed by atoms with van der Waals surface area (Å²) in [6, 6.07) is 8.47. The lowest BCUT2D eigenvalue weighted by molar-refractivity contribution is -0.127. The zero-order chi connectivity index (χ0) is 17.7. The molecule has 1 atom stereocenters. The SMILES string of the molecule is CC(CCN1CCOCC1)NC(=O)C1(c2cccc(Br)c2)CCCC1. The summed E-state index contributed by atoms with van der Waals surface area (Å²) in [7, 11) is 0. The Bertz CT molecular complexity index is 581. The summed E-state index contributed by atoms with van der Waals surface area (Å²) in [5.41, 5.74) is 0.800. The monoisotopic (exact) mass is 408 g/mol. The molecule has 4 nitrogen and oxygen atoms in total. The zero-order valence-corrected chi connectivity index (χ0v) is 16.7. The van der Waals surface area contributed by atoms with E-state index in [1.165, 1.54) is 0 Å². The van der Waals surface area contributed by atoms with E-state index in [0.717, 1.165) is 75.0 Å². The van der Waals surface area contributed by atoms with Gasteiger partial charge in [-0.2, -0.15) is 0 Å². The van der Waals surface area contributed by atoms with Crippen molar-refractivity contribution in [3.63, 3.8) is 0 Å². The van der Waals surface area contributed by atoms with Crippen LogP contribution < -0.4 is 5.32 Å². The van der Waals surface area contributed by atoms with Gasteiger partial charge in [-0.3, -0.25) is 9.69 Å². The molecule has 1 heterocycles. The van der Waals surface area contributed by atoms with Crippen molar-refractivity contribution in [3.8, 4) is 0 Å². The molecule has 2 aliphatic rings. The van der Waals surface area contributed by atoms with Gasteiger partial charge in [0.15, 0.2) is 0 Å². The number of halogens is 1. The van der Waals surface area contributed by atoms with Gasteiger partial charge in [0.2, 0.25) is 5.91 Å². The fraction of sp³-hybridized carbons (Fsp3) is 0.650. The summed E-state index contributed by atoms with van der Waals surface area (Å²) in [6.07, 6.45) is 5.14. The number of hydrogen-bond acceptors (Lipinski definition) is 3. The van der Waals surface area contributed by atoms with Crippen LogP contribution >= 0.6 is 15.9 Å². The third-order valence-corrected chi connectivity index (χ3v) is 6.12. The molecule has 138 valence electrons. The quantitative estimate of drug-likeness (QED) is 0.782. The van der Waals surface area contributed by atoms with Gasteiger partial charge in [0.25, 0.3) is 0 Å². The van der Waals surface area contributed by atoms with Crippen LogP contribution in [0.2, 0.25) is 0 Å². The van der Waals surface area contributed by atoms with Crippen LogP contribution in [0.3, 0.4) is 0 Å². The van der Waals surface area contributed by atoms with Crippen molar-refractivity contribution in [1.29, 1.82) is 0 Å². The van der Waals surface area contributed by atoms with Gasteiger partial charge >= 0.3 is 0 Å². The summed E-state index contributed by atoms with van der Waals surface area (Å²) in [5, 5.41) is 3.31. The average Bonchev–Trinajstić information content (AvgIpc) is 3.12. The van der Waals surface area contributed by atoms with Crippen LogP contribution in [0, 0.1) is 0 Å². The second kappa shape index (κ2) is 8.65. The number of ether oxygens (including phenoxy) is 1. The number of carbonyl (C=O) groups is 1. The topological polar surface area (TPSA) is 41.6 Å². The number of carbonyl (C=O) groups excluding carboxylic acids is 1. The van der Waals surface area contributed by atoms with E-state index in [1.54, 1.807) is 0 Å². The molecule has 1 aliphatic heterocycles. The van der Waals surface area contributed by atoms with E-state index in [0.29, 0.717) is 0 Å². The third kappa shape index (κ3) is 4.63. The Morgan fingerprint density at radius 3 is 2.72 bits per heavy atom. The number of morpholine rings is 1. The van der Waals surface area contributed by atoms with Crippen LogP contribution in [0.25, 0.3) is 0 Å². The zero-order valence-electron chi connectivity index (χ0n) is 15.1. The Hall–Kier alpha value is -0.910. The molecule has 1 aliphatic carbocycles. The standard InChI is InChI=1S/C20H29BrN2O2/c1-16(7-10-23-11-13-25-14-12-23)22-19(24)20(8-2-3-9-20)17-5-4-6-18(21)15-17/h4-6,15-16H,2-3,7-14H2,1H3,(H,22,24). The Kier molecular flexibility index (Phi) is 6.53. The van der Waals surface area contributed by atoms with Gasteiger partial charge in [-0.15, -0.1) is 0 Å². The highest BCUT2D eigenvalue weighted by Gasteiger charge is 2.43. The van der Waals surface area contributed by atoms with Crippen LogP contribution in [0.4, 0.5) is 0 Å². The number of benzene rings is 1. The first-order valence-electron chi connectivity index (χ1n) is 9.47. The largest absolute Gasteiger partial charge is 0.379 e. The van der Waals surface area contributed by atoms with E-state index in [1.807, 2.05) is 12.1 Å². The van der Waals surface area contributed by atoms with E-state index in [4.69, 9.17) is 4.74 Å². The molecule has 1 saturated heterocycles. The Labute approximate surface area is 159 Å². The van der Waals surface area contributed by atoms with Crippen LogP contribution in [-0.4, -0.2) is 49.7 Å². The van der Waals surface area contributed by atoms with Gasteiger partial charge in [-0.05, 0) is 43.9 Å². The number of nitrogens with one attached hydrogen (secondary N) is 1. The van der Waals surface area contributed by atoms with Crippen molar-refractivity contribution in [3.05, 3.63) is 34.3 Å². The predicted octanol–water partition coefficient (Wildman–Crippen LogP) is 3.49. The minimum atomic E-state index is -0.350. The third-order valence-electron chi connectivity index (χ3n) is 5.63. The maximum atomic E-state index is 13.2. The Morgan fingerprint density at radius 1 is 1.32 bits per heavy atom. The van der Waals surface area contributed by atoms with Crippen molar-refractivity contribution < 1.29 is 9.53 Å². The van der Waals surface area contributed by atoms with Gasteiger partial charge in [0.1, 0.15) is 0 Å². The molecule has 0 radical (unpaired) electrons. The number of amides is 1. The highest BCUT2D eigenvalue weighted by atomic mass is 79.9. The van der Waals surface area contributed by atoms with Gasteiger partial charge in [-0.25, -0.2) is 0 Å². The molecule has 1 unspecified atom stereocenters. The van der Waals surface area contributed by atoms with Crippen molar-refractivity contribution >= 4 is 21.8 Å². The van der Waals surface area contributed by atoms with Crippen molar-refractivity contribution in [1.82, 2.24) is 10.2 Å². The first kappa shape index (κ1) is 18.9. The molecule has 0 aromatic heterocycles. The molecule has 1 amide bonds. The molecule has 3 rings (SSSR count). The first-order valence-corrected chi connectivity index (χ1v) is 10.3. The lowest BCUT2D eigenvalue weighted by atomic mass is 9.78. The molecule has 1 aromatic carbocycles. The molecule has 5 heteroatoms. The van der Waals surface area contributed by atoms with E-state index in [9.17, 15) is 4.79 Å². The maximum Gasteiger partial charge on any atom is 0.230 e. The molecule has 25 heavy (non-hydrogen) atoms. The summed E-state index contributed by atoms with van der Waals surface area (Å²) < 4.78 is 6.44. The normalized spacial score (nSPS) is 21.8. The fourth-order valence-corrected chi connectivity index (χ4v) is 4.45. The maximum absolute atomic E-state index is 13.2. The lowest BCUT2D eigenvalue weighted by Crippen LogP contribution is -2.47. The van der Waals surface area contributed by atoms with Crippen molar-refractivity contribution in [2.24, 2.45) is 0 Å². The molecule has 2 fully saturated rings. The highest BCUT2D eigenvalue weighted by Crippen LogP contribution is 2.42. The first-order chi connectivity index (χ1) is 12.1. The van der Waals surface area contributed by atoms with E-state index in [-0.39, 0.29) is 17.4 Å². The van der Waals surface area contributed by atoms with Crippen LogP contribution in [-0.2, 0) is 14.9 Å². The van der Waals surface area contributed by atoms with Crippen LogP contribution in [0.5, 0.6) is 0 Å². The van der Waals surface area contributed by atoms with E-state index >= 15 is 0 Å². The second-order valence-corrected chi connectivity index (χ2v) is 8.33. The molecular formula is C20H29BrN2O2. The van der Waals surface area contributed by atoms with E-state index < -0.39 is 0 Å². The lowest BCUT2D eigenvalue weighted by Gasteiger charge is -2.31. The molecule has 1 saturated carbocycles. The molecule has 1 aromatic rings. The van der Waals surface area contributed by atoms with Crippen molar-refractivity contribution in [2.75, 3.05) is 32.8 Å². The van der Waals surface area contributed by atoms with Crippen LogP contribution in [0.15, 0.2) is 28.7 Å². The summed E-state index contributed by atoms with van der Waals surface area (Å²) in [4.78, 5) is 15.6. The van der Waals surface area contributed by atoms with Gasteiger partial charge in [0.05, 0.1) is 18.6 Å². The Balaban J connectivity index is 1.61. The van der Waals surface area contributed by atoms with E-state index in [2.05, 4.69) is 45.2 Å². The molecule has 1 N–H and O–H groups in total. The molecule has 0 spiro atoms. The average molecular weight is 409 g/mol. The Morgan fingerprint density at radius 2 is 2.04 bits per heavy atom. The second-order valence-electron chi connectivity index (χ2n) is 7.42. The minimum Gasteiger partial charge on any atom is -0.379 e. The van der Waals surface area contributed by atoms with Gasteiger partial charge < -0.3 is 10.1 Å². The van der Waals surface area contributed by atoms with Crippen molar-refractivity contribution in [2.45, 2.75) is 50.5 Å². The summed E-state index contributed by atoms with van der Waals surface area (Å²) in [5.74, 6) is 0.206. The number of rotatable bonds is 6. The predicted molar refractivity (Wildman–Crippen MR) is 104 cm³/mol. The fourth-order valence-electron chi connectivity index (χ4n) is 4.05. The minimum absolute atomic E-state index is 0.194. The highest BCUT2D eigenvalue weighted by molar-refractivity contribution is 9.10. The number of nitrogens with zero attached hydrogens (tertiary/aromatic N) is 1. The molecule has 0 bridgehead atoms. The van der Waals surface area contributed by atoms with Gasteiger partial charge in [-0.1, -0.05) is 40.9 Å². The van der Waals surface area contributed by atoms with Gasteiger partial charge in [0, 0.05) is 30.1 Å². The number of hydrogen-bond donors (Lipinski definition) is 1. The molecular weight excluding hydrogens is 380 g/mol. The van der Waals surface area contributed by atoms with Crippen LogP contribution in [0.1, 0.15) is 44.6 Å². The summed E-state index contributed by atoms with van der Waals surface area (Å²) >= 11 is 3.55.